The molecule has 3 rings (SSSR count). The molecule has 0 fully saturated rings. The standard InChI is InChI=1S/C18H16N2O3S/c19-9-15-14-3-1-2-4-16(14)24-18(15)20-10-12-5-7-13(8-6-12)23-11-17(21)22/h5-8,10H,1-4,11H2,(H,21,22)/b20-10+. The van der Waals surface area contributed by atoms with Gasteiger partial charge in [0, 0.05) is 11.1 Å². The van der Waals surface area contributed by atoms with E-state index in [2.05, 4.69) is 11.1 Å². The van der Waals surface area contributed by atoms with E-state index in [0.717, 1.165) is 29.8 Å². The summed E-state index contributed by atoms with van der Waals surface area (Å²) in [6.45, 7) is -0.361. The number of nitrogens with zero attached hydrogens (tertiary/aromatic N) is 2. The van der Waals surface area contributed by atoms with E-state index >= 15 is 0 Å². The predicted octanol–water partition coefficient (Wildman–Crippen LogP) is 3.71. The van der Waals surface area contributed by atoms with Crippen LogP contribution in [0.2, 0.25) is 0 Å². The quantitative estimate of drug-likeness (QED) is 0.841. The average Bonchev–Trinajstić information content (AvgIpc) is 2.96. The second kappa shape index (κ2) is 7.28. The number of ether oxygens (including phenoxy) is 1. The maximum absolute atomic E-state index is 10.5. The zero-order chi connectivity index (χ0) is 16.9. The van der Waals surface area contributed by atoms with Gasteiger partial charge in [-0.3, -0.25) is 0 Å². The van der Waals surface area contributed by atoms with Crippen molar-refractivity contribution in [1.29, 1.82) is 5.26 Å². The van der Waals surface area contributed by atoms with Crippen molar-refractivity contribution in [3.05, 3.63) is 45.8 Å². The third kappa shape index (κ3) is 3.63. The number of benzene rings is 1. The summed E-state index contributed by atoms with van der Waals surface area (Å²) in [5.41, 5.74) is 2.76. The molecule has 1 aliphatic carbocycles. The Morgan fingerprint density at radius 2 is 2.08 bits per heavy atom. The lowest BCUT2D eigenvalue weighted by molar-refractivity contribution is -0.139. The Kier molecular flexibility index (Phi) is 4.92. The van der Waals surface area contributed by atoms with E-state index in [-0.39, 0.29) is 6.61 Å². The van der Waals surface area contributed by atoms with Crippen LogP contribution < -0.4 is 4.74 Å². The Bertz CT molecular complexity index is 816. The van der Waals surface area contributed by atoms with Gasteiger partial charge in [0.25, 0.3) is 0 Å². The number of aliphatic carboxylic acids is 1. The number of thiophene rings is 1. The van der Waals surface area contributed by atoms with Gasteiger partial charge in [-0.05, 0) is 61.1 Å². The number of nitriles is 1. The number of carboxylic acids is 1. The second-order valence-electron chi connectivity index (χ2n) is 5.51. The van der Waals surface area contributed by atoms with Gasteiger partial charge in [0.15, 0.2) is 6.61 Å². The molecule has 1 N–H and O–H groups in total. The zero-order valence-corrected chi connectivity index (χ0v) is 13.8. The van der Waals surface area contributed by atoms with E-state index in [1.165, 1.54) is 16.9 Å². The van der Waals surface area contributed by atoms with Gasteiger partial charge in [0.2, 0.25) is 0 Å². The highest BCUT2D eigenvalue weighted by Gasteiger charge is 2.20. The molecule has 1 aliphatic rings. The van der Waals surface area contributed by atoms with Gasteiger partial charge >= 0.3 is 5.97 Å². The van der Waals surface area contributed by atoms with Crippen molar-refractivity contribution in [2.24, 2.45) is 4.99 Å². The first-order valence-electron chi connectivity index (χ1n) is 7.70. The number of carboxylic acid groups (broad SMARTS) is 1. The van der Waals surface area contributed by atoms with Crippen molar-refractivity contribution in [3.63, 3.8) is 0 Å². The van der Waals surface area contributed by atoms with Crippen LogP contribution in [-0.4, -0.2) is 23.9 Å². The lowest BCUT2D eigenvalue weighted by Crippen LogP contribution is -2.09. The van der Waals surface area contributed by atoms with Gasteiger partial charge in [0.05, 0.1) is 5.56 Å². The van der Waals surface area contributed by atoms with Crippen LogP contribution in [-0.2, 0) is 17.6 Å². The number of aryl methyl sites for hydroxylation is 1. The van der Waals surface area contributed by atoms with Crippen LogP contribution in [0.25, 0.3) is 0 Å². The highest BCUT2D eigenvalue weighted by Crippen LogP contribution is 2.39. The van der Waals surface area contributed by atoms with Gasteiger partial charge in [-0.1, -0.05) is 0 Å². The summed E-state index contributed by atoms with van der Waals surface area (Å²) in [5.74, 6) is -0.509. The van der Waals surface area contributed by atoms with E-state index in [1.54, 1.807) is 41.8 Å². The number of aliphatic imine (C=N–C) groups is 1. The summed E-state index contributed by atoms with van der Waals surface area (Å²) in [5, 5.41) is 18.8. The topological polar surface area (TPSA) is 82.7 Å². The van der Waals surface area contributed by atoms with E-state index in [0.29, 0.717) is 11.3 Å². The minimum absolute atomic E-state index is 0.361. The molecule has 2 aromatic rings. The SMILES string of the molecule is N#Cc1c(/N=C/c2ccc(OCC(=O)O)cc2)sc2c1CCCC2. The summed E-state index contributed by atoms with van der Waals surface area (Å²) in [6.07, 6.45) is 6.05. The Hall–Kier alpha value is -2.65. The maximum atomic E-state index is 10.5. The molecular weight excluding hydrogens is 324 g/mol. The molecule has 122 valence electrons. The molecule has 24 heavy (non-hydrogen) atoms. The molecule has 0 unspecified atom stereocenters. The summed E-state index contributed by atoms with van der Waals surface area (Å²) in [4.78, 5) is 16.3. The fourth-order valence-corrected chi connectivity index (χ4v) is 3.87. The minimum Gasteiger partial charge on any atom is -0.482 e. The number of hydrogen-bond donors (Lipinski definition) is 1. The smallest absolute Gasteiger partial charge is 0.341 e. The first kappa shape index (κ1) is 16.2. The molecule has 1 aromatic heterocycles. The molecule has 5 nitrogen and oxygen atoms in total. The molecule has 0 aliphatic heterocycles. The Morgan fingerprint density at radius 3 is 2.79 bits per heavy atom. The molecule has 0 radical (unpaired) electrons. The Morgan fingerprint density at radius 1 is 1.33 bits per heavy atom. The second-order valence-corrected chi connectivity index (χ2v) is 6.60. The van der Waals surface area contributed by atoms with Crippen LogP contribution in [0.4, 0.5) is 5.00 Å². The molecule has 0 amide bonds. The van der Waals surface area contributed by atoms with Gasteiger partial charge < -0.3 is 9.84 Å². The van der Waals surface area contributed by atoms with Crippen molar-refractivity contribution in [2.75, 3.05) is 6.61 Å². The lowest BCUT2D eigenvalue weighted by Gasteiger charge is -2.09. The Balaban J connectivity index is 1.75. The molecule has 1 heterocycles. The average molecular weight is 340 g/mol. The first-order valence-corrected chi connectivity index (χ1v) is 8.52. The van der Waals surface area contributed by atoms with E-state index < -0.39 is 5.97 Å². The summed E-state index contributed by atoms with van der Waals surface area (Å²) in [6, 6.07) is 9.32. The van der Waals surface area contributed by atoms with Crippen molar-refractivity contribution in [1.82, 2.24) is 0 Å². The van der Waals surface area contributed by atoms with Gasteiger partial charge in [-0.25, -0.2) is 9.79 Å². The normalized spacial score (nSPS) is 13.5. The molecule has 0 spiro atoms. The van der Waals surface area contributed by atoms with E-state index in [9.17, 15) is 10.1 Å². The molecule has 0 atom stereocenters. The predicted molar refractivity (Wildman–Crippen MR) is 92.5 cm³/mol. The van der Waals surface area contributed by atoms with Crippen LogP contribution in [0, 0.1) is 11.3 Å². The third-order valence-electron chi connectivity index (χ3n) is 3.84. The number of fused-ring (bicyclic) bond motifs is 1. The summed E-state index contributed by atoms with van der Waals surface area (Å²) in [7, 11) is 0. The fourth-order valence-electron chi connectivity index (χ4n) is 2.69. The van der Waals surface area contributed by atoms with Gasteiger partial charge in [-0.2, -0.15) is 5.26 Å². The van der Waals surface area contributed by atoms with Crippen molar-refractivity contribution in [2.45, 2.75) is 25.7 Å². The highest BCUT2D eigenvalue weighted by molar-refractivity contribution is 7.16. The summed E-state index contributed by atoms with van der Waals surface area (Å²) < 4.78 is 5.09. The van der Waals surface area contributed by atoms with E-state index in [4.69, 9.17) is 9.84 Å². The van der Waals surface area contributed by atoms with Crippen molar-refractivity contribution < 1.29 is 14.6 Å². The van der Waals surface area contributed by atoms with Crippen LogP contribution >= 0.6 is 11.3 Å². The molecule has 1 aromatic carbocycles. The van der Waals surface area contributed by atoms with E-state index in [1.807, 2.05) is 0 Å². The number of carbonyl (C=O) groups is 1. The molecule has 0 saturated heterocycles. The van der Waals surface area contributed by atoms with Crippen LogP contribution in [0.15, 0.2) is 29.3 Å². The number of hydrogen-bond acceptors (Lipinski definition) is 5. The Labute approximate surface area is 143 Å². The van der Waals surface area contributed by atoms with Crippen LogP contribution in [0.3, 0.4) is 0 Å². The summed E-state index contributed by atoms with van der Waals surface area (Å²) >= 11 is 1.61. The molecule has 6 heteroatoms. The zero-order valence-electron chi connectivity index (χ0n) is 13.0. The minimum atomic E-state index is -1.01. The first-order chi connectivity index (χ1) is 11.7. The largest absolute Gasteiger partial charge is 0.482 e. The third-order valence-corrected chi connectivity index (χ3v) is 5.04. The maximum Gasteiger partial charge on any atom is 0.341 e. The van der Waals surface area contributed by atoms with Crippen LogP contribution in [0.5, 0.6) is 5.75 Å². The van der Waals surface area contributed by atoms with Crippen LogP contribution in [0.1, 0.15) is 34.4 Å². The molecule has 0 bridgehead atoms. The van der Waals surface area contributed by atoms with Gasteiger partial charge in [0.1, 0.15) is 16.8 Å². The lowest BCUT2D eigenvalue weighted by atomic mass is 9.96. The monoisotopic (exact) mass is 340 g/mol. The highest BCUT2D eigenvalue weighted by atomic mass is 32.1. The van der Waals surface area contributed by atoms with Crippen molar-refractivity contribution in [3.8, 4) is 11.8 Å². The fraction of sp³-hybridized carbons (Fsp3) is 0.278. The molecule has 0 saturated carbocycles. The number of rotatable bonds is 5. The molecular formula is C18H16N2O3S. The van der Waals surface area contributed by atoms with Gasteiger partial charge in [-0.15, -0.1) is 11.3 Å². The van der Waals surface area contributed by atoms with Crippen molar-refractivity contribution >= 4 is 28.5 Å².